The van der Waals surface area contributed by atoms with Crippen molar-refractivity contribution >= 4 is 33.1 Å². The fourth-order valence-electron chi connectivity index (χ4n) is 3.16. The fourth-order valence-corrected chi connectivity index (χ4v) is 4.09. The van der Waals surface area contributed by atoms with Crippen LogP contribution in [0.25, 0.3) is 10.2 Å². The third-order valence-corrected chi connectivity index (χ3v) is 5.69. The highest BCUT2D eigenvalue weighted by Crippen LogP contribution is 2.31. The maximum atomic E-state index is 9.43. The molecule has 0 unspecified atom stereocenters. The van der Waals surface area contributed by atoms with Crippen molar-refractivity contribution in [2.24, 2.45) is 0 Å². The summed E-state index contributed by atoms with van der Waals surface area (Å²) in [6.07, 6.45) is 2.72. The number of phenolic OH excluding ortho intramolecular Hbond substituents is 1. The first-order chi connectivity index (χ1) is 11.7. The van der Waals surface area contributed by atoms with Gasteiger partial charge < -0.3 is 14.9 Å². The highest BCUT2D eigenvalue weighted by atomic mass is 32.1. The second-order valence-corrected chi connectivity index (χ2v) is 7.09. The summed E-state index contributed by atoms with van der Waals surface area (Å²) in [4.78, 5) is 16.1. The van der Waals surface area contributed by atoms with Gasteiger partial charge in [-0.25, -0.2) is 9.97 Å². The molecule has 0 atom stereocenters. The molecule has 4 rings (SSSR count). The Morgan fingerprint density at radius 3 is 2.46 bits per heavy atom. The largest absolute Gasteiger partial charge is 0.508 e. The third kappa shape index (κ3) is 2.78. The lowest BCUT2D eigenvalue weighted by molar-refractivity contribution is 0.475. The number of rotatable bonds is 3. The Morgan fingerprint density at radius 2 is 1.75 bits per heavy atom. The van der Waals surface area contributed by atoms with Crippen molar-refractivity contribution in [2.45, 2.75) is 13.3 Å². The summed E-state index contributed by atoms with van der Waals surface area (Å²) in [5.74, 6) is 1.37. The van der Waals surface area contributed by atoms with Gasteiger partial charge in [0, 0.05) is 36.7 Å². The lowest BCUT2D eigenvalue weighted by atomic mass is 10.2. The van der Waals surface area contributed by atoms with Gasteiger partial charge in [-0.3, -0.25) is 0 Å². The SMILES string of the molecule is CCc1cc2c(N3CCN(c4ccc(O)cc4)CC3)ncnc2s1. The minimum atomic E-state index is 0.310. The number of anilines is 2. The van der Waals surface area contributed by atoms with E-state index in [0.717, 1.165) is 48.9 Å². The molecule has 24 heavy (non-hydrogen) atoms. The van der Waals surface area contributed by atoms with Crippen molar-refractivity contribution in [3.8, 4) is 5.75 Å². The van der Waals surface area contributed by atoms with Crippen molar-refractivity contribution < 1.29 is 5.11 Å². The van der Waals surface area contributed by atoms with E-state index in [1.807, 2.05) is 12.1 Å². The molecule has 0 bridgehead atoms. The Bertz CT molecular complexity index is 838. The molecule has 3 heterocycles. The Hall–Kier alpha value is -2.34. The molecular formula is C18H20N4OS. The predicted molar refractivity (Wildman–Crippen MR) is 99.3 cm³/mol. The van der Waals surface area contributed by atoms with Gasteiger partial charge in [0.1, 0.15) is 22.7 Å². The average Bonchev–Trinajstić information content (AvgIpc) is 3.06. The molecule has 0 spiro atoms. The molecule has 1 aromatic carbocycles. The third-order valence-electron chi connectivity index (χ3n) is 4.50. The summed E-state index contributed by atoms with van der Waals surface area (Å²) in [7, 11) is 0. The van der Waals surface area contributed by atoms with E-state index in [1.54, 1.807) is 29.8 Å². The first-order valence-electron chi connectivity index (χ1n) is 8.27. The van der Waals surface area contributed by atoms with Crippen molar-refractivity contribution in [1.82, 2.24) is 9.97 Å². The van der Waals surface area contributed by atoms with Crippen molar-refractivity contribution in [3.05, 3.63) is 41.5 Å². The number of benzene rings is 1. The highest BCUT2D eigenvalue weighted by Gasteiger charge is 2.21. The monoisotopic (exact) mass is 340 g/mol. The van der Waals surface area contributed by atoms with Crippen LogP contribution < -0.4 is 9.80 Å². The van der Waals surface area contributed by atoms with Gasteiger partial charge in [0.05, 0.1) is 5.39 Å². The number of hydrogen-bond acceptors (Lipinski definition) is 6. The first kappa shape index (κ1) is 15.2. The molecule has 0 amide bonds. The van der Waals surface area contributed by atoms with Crippen molar-refractivity contribution in [2.75, 3.05) is 36.0 Å². The van der Waals surface area contributed by atoms with Crippen LogP contribution in [0.1, 0.15) is 11.8 Å². The lowest BCUT2D eigenvalue weighted by Gasteiger charge is -2.36. The van der Waals surface area contributed by atoms with E-state index in [2.05, 4.69) is 32.8 Å². The zero-order valence-electron chi connectivity index (χ0n) is 13.6. The number of hydrogen-bond donors (Lipinski definition) is 1. The van der Waals surface area contributed by atoms with Crippen molar-refractivity contribution in [1.29, 1.82) is 0 Å². The Labute approximate surface area is 145 Å². The molecular weight excluding hydrogens is 320 g/mol. The van der Waals surface area contributed by atoms with Crippen LogP contribution in [0.2, 0.25) is 0 Å². The van der Waals surface area contributed by atoms with Gasteiger partial charge in [0.25, 0.3) is 0 Å². The summed E-state index contributed by atoms with van der Waals surface area (Å²) >= 11 is 1.76. The van der Waals surface area contributed by atoms with Crippen LogP contribution in [-0.2, 0) is 6.42 Å². The van der Waals surface area contributed by atoms with Crippen LogP contribution in [-0.4, -0.2) is 41.3 Å². The zero-order valence-corrected chi connectivity index (χ0v) is 14.5. The normalized spacial score (nSPS) is 15.2. The summed E-state index contributed by atoms with van der Waals surface area (Å²) in [5.41, 5.74) is 1.16. The van der Waals surface area contributed by atoms with E-state index in [0.29, 0.717) is 5.75 Å². The molecule has 1 aliphatic heterocycles. The quantitative estimate of drug-likeness (QED) is 0.793. The van der Waals surface area contributed by atoms with Crippen LogP contribution >= 0.6 is 11.3 Å². The fraction of sp³-hybridized carbons (Fsp3) is 0.333. The summed E-state index contributed by atoms with van der Waals surface area (Å²) < 4.78 is 0. The summed E-state index contributed by atoms with van der Waals surface area (Å²) in [6, 6.07) is 9.67. The maximum Gasteiger partial charge on any atom is 0.140 e. The smallest absolute Gasteiger partial charge is 0.140 e. The topological polar surface area (TPSA) is 52.5 Å². The van der Waals surface area contributed by atoms with Crippen LogP contribution in [0.4, 0.5) is 11.5 Å². The Morgan fingerprint density at radius 1 is 1.04 bits per heavy atom. The van der Waals surface area contributed by atoms with Gasteiger partial charge >= 0.3 is 0 Å². The van der Waals surface area contributed by atoms with E-state index in [-0.39, 0.29) is 0 Å². The molecule has 1 fully saturated rings. The molecule has 6 heteroatoms. The molecule has 1 aliphatic rings. The van der Waals surface area contributed by atoms with E-state index in [4.69, 9.17) is 0 Å². The average molecular weight is 340 g/mol. The molecule has 1 N–H and O–H groups in total. The number of thiophene rings is 1. The number of fused-ring (bicyclic) bond motifs is 1. The number of aromatic hydroxyl groups is 1. The van der Waals surface area contributed by atoms with E-state index >= 15 is 0 Å². The molecule has 1 saturated heterocycles. The van der Waals surface area contributed by atoms with E-state index < -0.39 is 0 Å². The number of piperazine rings is 1. The first-order valence-corrected chi connectivity index (χ1v) is 9.08. The van der Waals surface area contributed by atoms with Gasteiger partial charge in [-0.1, -0.05) is 6.92 Å². The standard InChI is InChI=1S/C18H20N4OS/c1-2-15-11-16-17(19-12-20-18(16)24-15)22-9-7-21(8-10-22)13-3-5-14(23)6-4-13/h3-6,11-12,23H,2,7-10H2,1H3. The number of aryl methyl sites for hydroxylation is 1. The minimum Gasteiger partial charge on any atom is -0.508 e. The molecule has 5 nitrogen and oxygen atoms in total. The molecule has 124 valence electrons. The van der Waals surface area contributed by atoms with Gasteiger partial charge in [0.2, 0.25) is 0 Å². The van der Waals surface area contributed by atoms with Crippen LogP contribution in [0.5, 0.6) is 5.75 Å². The molecule has 2 aromatic heterocycles. The minimum absolute atomic E-state index is 0.310. The predicted octanol–water partition coefficient (Wildman–Crippen LogP) is 3.29. The summed E-state index contributed by atoms with van der Waals surface area (Å²) in [6.45, 7) is 5.94. The Kier molecular flexibility index (Phi) is 3.98. The molecule has 0 saturated carbocycles. The second-order valence-electron chi connectivity index (χ2n) is 5.97. The van der Waals surface area contributed by atoms with Gasteiger partial charge in [-0.05, 0) is 36.8 Å². The molecule has 3 aromatic rings. The summed E-state index contributed by atoms with van der Waals surface area (Å²) in [5, 5.41) is 10.6. The number of phenols is 1. The molecule has 0 radical (unpaired) electrons. The van der Waals surface area contributed by atoms with Crippen LogP contribution in [0.15, 0.2) is 36.7 Å². The zero-order chi connectivity index (χ0) is 16.5. The van der Waals surface area contributed by atoms with Gasteiger partial charge in [-0.2, -0.15) is 0 Å². The van der Waals surface area contributed by atoms with Gasteiger partial charge in [-0.15, -0.1) is 11.3 Å². The highest BCUT2D eigenvalue weighted by molar-refractivity contribution is 7.18. The van der Waals surface area contributed by atoms with Crippen LogP contribution in [0, 0.1) is 0 Å². The van der Waals surface area contributed by atoms with E-state index in [1.165, 1.54) is 10.3 Å². The number of aromatic nitrogens is 2. The van der Waals surface area contributed by atoms with Gasteiger partial charge in [0.15, 0.2) is 0 Å². The number of nitrogens with zero attached hydrogens (tertiary/aromatic N) is 4. The maximum absolute atomic E-state index is 9.43. The second kappa shape index (κ2) is 6.28. The van der Waals surface area contributed by atoms with Crippen LogP contribution in [0.3, 0.4) is 0 Å². The molecule has 0 aliphatic carbocycles. The van der Waals surface area contributed by atoms with E-state index in [9.17, 15) is 5.11 Å². The Balaban J connectivity index is 1.53. The lowest BCUT2D eigenvalue weighted by Crippen LogP contribution is -2.46. The van der Waals surface area contributed by atoms with Crippen molar-refractivity contribution in [3.63, 3.8) is 0 Å².